The fourth-order valence-corrected chi connectivity index (χ4v) is 1.20. The molecule has 5 heteroatoms. The Bertz CT molecular complexity index is 353. The summed E-state index contributed by atoms with van der Waals surface area (Å²) in [6.07, 6.45) is 0. The van der Waals surface area contributed by atoms with Crippen molar-refractivity contribution < 1.29 is 14.6 Å². The first kappa shape index (κ1) is 11.5. The number of hydrogen-bond acceptors (Lipinski definition) is 5. The van der Waals surface area contributed by atoms with E-state index in [0.29, 0.717) is 23.4 Å². The zero-order chi connectivity index (χ0) is 11.3. The summed E-state index contributed by atoms with van der Waals surface area (Å²) in [7, 11) is 0. The molecule has 0 radical (unpaired) electrons. The van der Waals surface area contributed by atoms with E-state index >= 15 is 0 Å². The first-order valence-electron chi connectivity index (χ1n) is 4.60. The van der Waals surface area contributed by atoms with Gasteiger partial charge in [0.25, 0.3) is 0 Å². The van der Waals surface area contributed by atoms with E-state index in [4.69, 9.17) is 15.7 Å². The molecule has 1 aromatic carbocycles. The molecular formula is C10H14N2O3. The van der Waals surface area contributed by atoms with E-state index in [1.54, 1.807) is 25.1 Å². The smallest absolute Gasteiger partial charge is 0.338 e. The lowest BCUT2D eigenvalue weighted by molar-refractivity contribution is 0.0523. The first-order chi connectivity index (χ1) is 7.22. The van der Waals surface area contributed by atoms with Gasteiger partial charge in [-0.3, -0.25) is 5.84 Å². The van der Waals surface area contributed by atoms with Gasteiger partial charge in [0.15, 0.2) is 0 Å². The summed E-state index contributed by atoms with van der Waals surface area (Å²) in [5, 5.41) is 9.04. The molecule has 0 unspecified atom stereocenters. The topological polar surface area (TPSA) is 84.6 Å². The van der Waals surface area contributed by atoms with Crippen LogP contribution in [0.4, 0.5) is 5.69 Å². The van der Waals surface area contributed by atoms with E-state index in [0.717, 1.165) is 0 Å². The number of nitrogens with two attached hydrogens (primary N) is 1. The minimum Gasteiger partial charge on any atom is -0.462 e. The third-order valence-corrected chi connectivity index (χ3v) is 1.94. The van der Waals surface area contributed by atoms with Gasteiger partial charge in [-0.15, -0.1) is 0 Å². The molecule has 0 saturated heterocycles. The molecular weight excluding hydrogens is 196 g/mol. The number of aliphatic hydroxyl groups is 1. The average Bonchev–Trinajstić information content (AvgIpc) is 2.28. The minimum absolute atomic E-state index is 0.209. The second-order valence-electron chi connectivity index (χ2n) is 2.89. The van der Waals surface area contributed by atoms with Crippen LogP contribution in [0.15, 0.2) is 18.2 Å². The molecule has 0 atom stereocenters. The molecule has 0 aliphatic carbocycles. The molecule has 0 aliphatic rings. The van der Waals surface area contributed by atoms with Crippen molar-refractivity contribution >= 4 is 11.7 Å². The molecule has 0 fully saturated rings. The summed E-state index contributed by atoms with van der Waals surface area (Å²) in [6, 6.07) is 4.85. The number of benzene rings is 1. The van der Waals surface area contributed by atoms with Crippen LogP contribution >= 0.6 is 0 Å². The molecule has 0 spiro atoms. The summed E-state index contributed by atoms with van der Waals surface area (Å²) in [6.45, 7) is 1.81. The number of esters is 1. The van der Waals surface area contributed by atoms with Gasteiger partial charge < -0.3 is 15.3 Å². The molecule has 82 valence electrons. The van der Waals surface area contributed by atoms with Gasteiger partial charge in [0, 0.05) is 5.69 Å². The number of carbonyl (C=O) groups is 1. The molecule has 0 aromatic heterocycles. The molecule has 1 rings (SSSR count). The predicted molar refractivity (Wildman–Crippen MR) is 56.1 cm³/mol. The number of carbonyl (C=O) groups excluding carboxylic acids is 1. The van der Waals surface area contributed by atoms with Crippen molar-refractivity contribution in [2.45, 2.75) is 13.5 Å². The van der Waals surface area contributed by atoms with Gasteiger partial charge in [-0.25, -0.2) is 4.79 Å². The van der Waals surface area contributed by atoms with Gasteiger partial charge in [-0.2, -0.15) is 0 Å². The van der Waals surface area contributed by atoms with Crippen LogP contribution in [-0.2, 0) is 11.3 Å². The Kier molecular flexibility index (Phi) is 4.08. The molecule has 4 N–H and O–H groups in total. The lowest BCUT2D eigenvalue weighted by Crippen LogP contribution is -2.11. The second kappa shape index (κ2) is 5.33. The first-order valence-corrected chi connectivity index (χ1v) is 4.60. The standard InChI is InChI=1S/C10H14N2O3/c1-2-15-10(14)9-5-8(12-11)4-3-7(9)6-13/h3-5,12-13H,2,6,11H2,1H3. The van der Waals surface area contributed by atoms with E-state index in [1.807, 2.05) is 0 Å². The SMILES string of the molecule is CCOC(=O)c1cc(NN)ccc1CO. The monoisotopic (exact) mass is 210 g/mol. The fourth-order valence-electron chi connectivity index (χ4n) is 1.20. The van der Waals surface area contributed by atoms with Gasteiger partial charge >= 0.3 is 5.97 Å². The zero-order valence-corrected chi connectivity index (χ0v) is 8.49. The Morgan fingerprint density at radius 2 is 2.33 bits per heavy atom. The van der Waals surface area contributed by atoms with Crippen molar-refractivity contribution in [2.24, 2.45) is 5.84 Å². The normalized spacial score (nSPS) is 9.80. The molecule has 1 aromatic rings. The number of nitrogens with one attached hydrogen (secondary N) is 1. The zero-order valence-electron chi connectivity index (χ0n) is 8.49. The quantitative estimate of drug-likeness (QED) is 0.386. The van der Waals surface area contributed by atoms with Gasteiger partial charge in [-0.05, 0) is 24.6 Å². The van der Waals surface area contributed by atoms with E-state index in [2.05, 4.69) is 5.43 Å². The molecule has 0 saturated carbocycles. The Labute approximate surface area is 87.8 Å². The van der Waals surface area contributed by atoms with Crippen molar-refractivity contribution in [3.63, 3.8) is 0 Å². The van der Waals surface area contributed by atoms with Crippen molar-refractivity contribution in [3.05, 3.63) is 29.3 Å². The van der Waals surface area contributed by atoms with Crippen LogP contribution in [0.5, 0.6) is 0 Å². The summed E-state index contributed by atoms with van der Waals surface area (Å²) < 4.78 is 4.85. The Balaban J connectivity index is 3.05. The second-order valence-corrected chi connectivity index (χ2v) is 2.89. The summed E-state index contributed by atoms with van der Waals surface area (Å²) in [4.78, 5) is 11.5. The third-order valence-electron chi connectivity index (χ3n) is 1.94. The van der Waals surface area contributed by atoms with Crippen LogP contribution in [-0.4, -0.2) is 17.7 Å². The lowest BCUT2D eigenvalue weighted by Gasteiger charge is -2.08. The van der Waals surface area contributed by atoms with Crippen LogP contribution in [0.2, 0.25) is 0 Å². The summed E-state index contributed by atoms with van der Waals surface area (Å²) in [5.41, 5.74) is 3.87. The van der Waals surface area contributed by atoms with Crippen LogP contribution in [0.3, 0.4) is 0 Å². The van der Waals surface area contributed by atoms with E-state index in [9.17, 15) is 4.79 Å². The lowest BCUT2D eigenvalue weighted by atomic mass is 10.1. The molecule has 0 amide bonds. The number of hydrogen-bond donors (Lipinski definition) is 3. The van der Waals surface area contributed by atoms with Crippen LogP contribution < -0.4 is 11.3 Å². The number of nitrogen functional groups attached to an aromatic ring is 1. The Morgan fingerprint density at radius 1 is 1.60 bits per heavy atom. The minimum atomic E-state index is -0.460. The molecule has 0 heterocycles. The fraction of sp³-hybridized carbons (Fsp3) is 0.300. The highest BCUT2D eigenvalue weighted by atomic mass is 16.5. The van der Waals surface area contributed by atoms with Gasteiger partial charge in [0.1, 0.15) is 0 Å². The highest BCUT2D eigenvalue weighted by Crippen LogP contribution is 2.16. The van der Waals surface area contributed by atoms with Crippen molar-refractivity contribution in [1.29, 1.82) is 0 Å². The molecule has 0 bridgehead atoms. The highest BCUT2D eigenvalue weighted by Gasteiger charge is 2.12. The molecule has 15 heavy (non-hydrogen) atoms. The maximum atomic E-state index is 11.5. The van der Waals surface area contributed by atoms with Crippen LogP contribution in [0.25, 0.3) is 0 Å². The van der Waals surface area contributed by atoms with E-state index in [1.165, 1.54) is 0 Å². The Hall–Kier alpha value is -1.59. The number of hydrazine groups is 1. The highest BCUT2D eigenvalue weighted by molar-refractivity contribution is 5.92. The van der Waals surface area contributed by atoms with Gasteiger partial charge in [0.05, 0.1) is 18.8 Å². The number of anilines is 1. The van der Waals surface area contributed by atoms with E-state index in [-0.39, 0.29) is 6.61 Å². The number of ether oxygens (including phenoxy) is 1. The summed E-state index contributed by atoms with van der Waals surface area (Å²) >= 11 is 0. The maximum absolute atomic E-state index is 11.5. The van der Waals surface area contributed by atoms with Crippen LogP contribution in [0, 0.1) is 0 Å². The average molecular weight is 210 g/mol. The Morgan fingerprint density at radius 3 is 2.87 bits per heavy atom. The number of aliphatic hydroxyl groups excluding tert-OH is 1. The van der Waals surface area contributed by atoms with Gasteiger partial charge in [-0.1, -0.05) is 6.07 Å². The maximum Gasteiger partial charge on any atom is 0.338 e. The molecule has 5 nitrogen and oxygen atoms in total. The summed E-state index contributed by atoms with van der Waals surface area (Å²) in [5.74, 6) is 4.76. The van der Waals surface area contributed by atoms with Crippen molar-refractivity contribution in [1.82, 2.24) is 0 Å². The third kappa shape index (κ3) is 2.68. The van der Waals surface area contributed by atoms with E-state index < -0.39 is 5.97 Å². The molecule has 0 aliphatic heterocycles. The van der Waals surface area contributed by atoms with Crippen molar-refractivity contribution in [3.8, 4) is 0 Å². The number of rotatable bonds is 4. The van der Waals surface area contributed by atoms with Crippen molar-refractivity contribution in [2.75, 3.05) is 12.0 Å². The predicted octanol–water partition coefficient (Wildman–Crippen LogP) is 0.641. The van der Waals surface area contributed by atoms with Crippen LogP contribution in [0.1, 0.15) is 22.8 Å². The largest absolute Gasteiger partial charge is 0.462 e. The van der Waals surface area contributed by atoms with Gasteiger partial charge in [0.2, 0.25) is 0 Å².